The lowest BCUT2D eigenvalue weighted by atomic mass is 9.85. The van der Waals surface area contributed by atoms with Crippen LogP contribution in [0.5, 0.6) is 5.75 Å². The lowest BCUT2D eigenvalue weighted by Crippen LogP contribution is -2.11. The number of carbonyl (C=O) groups is 1. The molecule has 2 rings (SSSR count). The van der Waals surface area contributed by atoms with Gasteiger partial charge in [-0.3, -0.25) is 14.9 Å². The maximum atomic E-state index is 11.6. The number of allylic oxidation sites excluding steroid dienone is 2. The highest BCUT2D eigenvalue weighted by Crippen LogP contribution is 2.36. The van der Waals surface area contributed by atoms with Gasteiger partial charge in [0, 0.05) is 6.42 Å². The Hall–Kier alpha value is -2.17. The quantitative estimate of drug-likeness (QED) is 0.619. The zero-order chi connectivity index (χ0) is 14.0. The zero-order valence-electron chi connectivity index (χ0n) is 10.9. The van der Waals surface area contributed by atoms with E-state index in [-0.39, 0.29) is 17.4 Å². The normalized spacial score (nSPS) is 18.9. The molecule has 0 radical (unpaired) electrons. The summed E-state index contributed by atoms with van der Waals surface area (Å²) >= 11 is 0. The van der Waals surface area contributed by atoms with Gasteiger partial charge in [0.05, 0.1) is 23.7 Å². The van der Waals surface area contributed by atoms with Crippen molar-refractivity contribution in [3.05, 3.63) is 40.0 Å². The molecule has 0 aliphatic heterocycles. The molecule has 1 aromatic carbocycles. The molecule has 0 bridgehead atoms. The van der Waals surface area contributed by atoms with Gasteiger partial charge in [0.2, 0.25) is 0 Å². The van der Waals surface area contributed by atoms with Gasteiger partial charge in [-0.25, -0.2) is 0 Å². The zero-order valence-corrected chi connectivity index (χ0v) is 10.9. The standard InChI is InChI=1S/C14H15NO4/c1-9-5-10(7-11(16)6-9)13-4-3-12(19-2)8-14(13)15(17)18/h3-4,7-9H,5-6H2,1-2H3. The van der Waals surface area contributed by atoms with Crippen LogP contribution in [0.2, 0.25) is 0 Å². The second kappa shape index (κ2) is 5.22. The number of hydrogen-bond donors (Lipinski definition) is 0. The van der Waals surface area contributed by atoms with E-state index in [1.54, 1.807) is 12.1 Å². The average molecular weight is 261 g/mol. The number of nitro groups is 1. The summed E-state index contributed by atoms with van der Waals surface area (Å²) in [7, 11) is 1.46. The van der Waals surface area contributed by atoms with E-state index in [0.717, 1.165) is 5.57 Å². The first kappa shape index (κ1) is 13.3. The molecule has 1 unspecified atom stereocenters. The van der Waals surface area contributed by atoms with Crippen LogP contribution >= 0.6 is 0 Å². The van der Waals surface area contributed by atoms with Gasteiger partial charge >= 0.3 is 0 Å². The van der Waals surface area contributed by atoms with Crippen LogP contribution < -0.4 is 4.74 Å². The number of ether oxygens (including phenoxy) is 1. The number of ketones is 1. The highest BCUT2D eigenvalue weighted by molar-refractivity contribution is 5.99. The molecule has 100 valence electrons. The van der Waals surface area contributed by atoms with Crippen LogP contribution in [0.1, 0.15) is 25.3 Å². The van der Waals surface area contributed by atoms with Gasteiger partial charge in [-0.05, 0) is 36.1 Å². The van der Waals surface area contributed by atoms with E-state index in [4.69, 9.17) is 4.74 Å². The molecule has 1 aliphatic rings. The Morgan fingerprint density at radius 3 is 2.68 bits per heavy atom. The van der Waals surface area contributed by atoms with Gasteiger partial charge < -0.3 is 4.74 Å². The topological polar surface area (TPSA) is 69.4 Å². The summed E-state index contributed by atoms with van der Waals surface area (Å²) in [4.78, 5) is 22.3. The molecule has 0 aromatic heterocycles. The molecular formula is C14H15NO4. The summed E-state index contributed by atoms with van der Waals surface area (Å²) in [6.07, 6.45) is 2.71. The predicted molar refractivity (Wildman–Crippen MR) is 71.0 cm³/mol. The third-order valence-corrected chi connectivity index (χ3v) is 3.20. The van der Waals surface area contributed by atoms with E-state index in [1.165, 1.54) is 19.3 Å². The summed E-state index contributed by atoms with van der Waals surface area (Å²) in [5.74, 6) is 0.680. The molecule has 1 atom stereocenters. The Balaban J connectivity index is 2.50. The van der Waals surface area contributed by atoms with E-state index in [9.17, 15) is 14.9 Å². The third-order valence-electron chi connectivity index (χ3n) is 3.20. The van der Waals surface area contributed by atoms with E-state index >= 15 is 0 Å². The summed E-state index contributed by atoms with van der Waals surface area (Å²) < 4.78 is 5.00. The van der Waals surface area contributed by atoms with Crippen LogP contribution in [0.3, 0.4) is 0 Å². The van der Waals surface area contributed by atoms with Crippen molar-refractivity contribution in [3.8, 4) is 5.75 Å². The fraction of sp³-hybridized carbons (Fsp3) is 0.357. The van der Waals surface area contributed by atoms with Crippen molar-refractivity contribution in [2.24, 2.45) is 5.92 Å². The van der Waals surface area contributed by atoms with Gasteiger partial charge in [-0.2, -0.15) is 0 Å². The highest BCUT2D eigenvalue weighted by atomic mass is 16.6. The first-order valence-corrected chi connectivity index (χ1v) is 6.07. The van der Waals surface area contributed by atoms with Crippen LogP contribution in [0.4, 0.5) is 5.69 Å². The highest BCUT2D eigenvalue weighted by Gasteiger charge is 2.24. The van der Waals surface area contributed by atoms with Gasteiger partial charge in [-0.15, -0.1) is 0 Å². The van der Waals surface area contributed by atoms with Crippen molar-refractivity contribution in [1.82, 2.24) is 0 Å². The minimum absolute atomic E-state index is 0.0208. The monoisotopic (exact) mass is 261 g/mol. The third kappa shape index (κ3) is 2.81. The molecule has 1 aromatic rings. The SMILES string of the molecule is COc1ccc(C2=CC(=O)CC(C)C2)c([N+](=O)[O-])c1. The van der Waals surface area contributed by atoms with Crippen LogP contribution in [0, 0.1) is 16.0 Å². The van der Waals surface area contributed by atoms with Crippen molar-refractivity contribution in [1.29, 1.82) is 0 Å². The van der Waals surface area contributed by atoms with Gasteiger partial charge in [0.25, 0.3) is 5.69 Å². The molecule has 5 nitrogen and oxygen atoms in total. The van der Waals surface area contributed by atoms with Crippen LogP contribution in [0.25, 0.3) is 5.57 Å². The number of nitro benzene ring substituents is 1. The second-order valence-corrected chi connectivity index (χ2v) is 4.79. The lowest BCUT2D eigenvalue weighted by molar-refractivity contribution is -0.385. The molecule has 1 aliphatic carbocycles. The molecule has 0 saturated carbocycles. The lowest BCUT2D eigenvalue weighted by Gasteiger charge is -2.18. The van der Waals surface area contributed by atoms with Gasteiger partial charge in [0.15, 0.2) is 5.78 Å². The number of methoxy groups -OCH3 is 1. The fourth-order valence-corrected chi connectivity index (χ4v) is 2.35. The molecule has 0 fully saturated rings. The molecule has 0 saturated heterocycles. The number of carbonyl (C=O) groups excluding carboxylic acids is 1. The Morgan fingerprint density at radius 1 is 1.37 bits per heavy atom. The fourth-order valence-electron chi connectivity index (χ4n) is 2.35. The minimum Gasteiger partial charge on any atom is -0.497 e. The Kier molecular flexibility index (Phi) is 3.64. The maximum absolute atomic E-state index is 11.6. The summed E-state index contributed by atoms with van der Waals surface area (Å²) in [5, 5.41) is 11.1. The van der Waals surface area contributed by atoms with Crippen molar-refractivity contribution in [2.75, 3.05) is 7.11 Å². The van der Waals surface area contributed by atoms with E-state index in [1.807, 2.05) is 6.92 Å². The molecular weight excluding hydrogens is 246 g/mol. The Labute approximate surface area is 111 Å². The number of rotatable bonds is 3. The van der Waals surface area contributed by atoms with Crippen molar-refractivity contribution >= 4 is 17.0 Å². The first-order chi connectivity index (χ1) is 9.01. The van der Waals surface area contributed by atoms with Crippen LogP contribution in [-0.4, -0.2) is 17.8 Å². The molecule has 0 spiro atoms. The second-order valence-electron chi connectivity index (χ2n) is 4.79. The molecule has 0 amide bonds. The predicted octanol–water partition coefficient (Wildman–Crippen LogP) is 2.99. The molecule has 5 heteroatoms. The van der Waals surface area contributed by atoms with Gasteiger partial charge in [-0.1, -0.05) is 6.92 Å². The first-order valence-electron chi connectivity index (χ1n) is 6.07. The number of hydrogen-bond acceptors (Lipinski definition) is 4. The van der Waals surface area contributed by atoms with E-state index < -0.39 is 4.92 Å². The molecule has 0 heterocycles. The summed E-state index contributed by atoms with van der Waals surface area (Å²) in [6, 6.07) is 4.71. The maximum Gasteiger partial charge on any atom is 0.280 e. The van der Waals surface area contributed by atoms with Crippen LogP contribution in [0.15, 0.2) is 24.3 Å². The van der Waals surface area contributed by atoms with E-state index in [0.29, 0.717) is 24.2 Å². The van der Waals surface area contributed by atoms with E-state index in [2.05, 4.69) is 0 Å². The van der Waals surface area contributed by atoms with Crippen molar-refractivity contribution < 1.29 is 14.5 Å². The smallest absolute Gasteiger partial charge is 0.280 e. The Bertz CT molecular complexity index is 563. The minimum atomic E-state index is -0.442. The molecule has 0 N–H and O–H groups in total. The summed E-state index contributed by atoms with van der Waals surface area (Å²) in [6.45, 7) is 1.97. The van der Waals surface area contributed by atoms with Crippen molar-refractivity contribution in [3.63, 3.8) is 0 Å². The van der Waals surface area contributed by atoms with Gasteiger partial charge in [0.1, 0.15) is 5.75 Å². The Morgan fingerprint density at radius 2 is 2.11 bits per heavy atom. The largest absolute Gasteiger partial charge is 0.497 e. The van der Waals surface area contributed by atoms with Crippen molar-refractivity contribution in [2.45, 2.75) is 19.8 Å². The molecule has 19 heavy (non-hydrogen) atoms. The summed E-state index contributed by atoms with van der Waals surface area (Å²) in [5.41, 5.74) is 1.22. The number of benzene rings is 1. The number of nitrogens with zero attached hydrogens (tertiary/aromatic N) is 1. The van der Waals surface area contributed by atoms with Crippen LogP contribution in [-0.2, 0) is 4.79 Å². The average Bonchev–Trinajstić information content (AvgIpc) is 2.36.